The molecule has 2 amide bonds. The van der Waals surface area contributed by atoms with Crippen LogP contribution in [0, 0.1) is 5.92 Å². The van der Waals surface area contributed by atoms with E-state index in [0.29, 0.717) is 26.2 Å². The third-order valence-electron chi connectivity index (χ3n) is 5.03. The highest BCUT2D eigenvalue weighted by atomic mass is 32.1. The lowest BCUT2D eigenvalue weighted by Gasteiger charge is -2.34. The molecule has 0 bridgehead atoms. The Morgan fingerprint density at radius 2 is 2.04 bits per heavy atom. The molecule has 1 unspecified atom stereocenters. The number of piperazine rings is 1. The summed E-state index contributed by atoms with van der Waals surface area (Å²) in [6.45, 7) is 8.27. The molecule has 24 heavy (non-hydrogen) atoms. The van der Waals surface area contributed by atoms with Gasteiger partial charge in [0.1, 0.15) is 0 Å². The molecule has 1 aromatic heterocycles. The standard InChI is InChI=1S/C18H27N3O2S/c1-3-19-17(22)11-20-6-8-21(9-7-20)18(23)15-12-24-16-10-13(2)4-5-14(15)16/h12-13H,3-11H2,1-2H3,(H,19,22). The first kappa shape index (κ1) is 17.4. The van der Waals surface area contributed by atoms with E-state index in [-0.39, 0.29) is 11.8 Å². The van der Waals surface area contributed by atoms with Crippen LogP contribution in [0.1, 0.15) is 41.1 Å². The second-order valence-electron chi connectivity index (χ2n) is 6.92. The number of nitrogens with one attached hydrogen (secondary N) is 1. The highest BCUT2D eigenvalue weighted by molar-refractivity contribution is 7.10. The van der Waals surface area contributed by atoms with E-state index >= 15 is 0 Å². The number of carbonyl (C=O) groups excluding carboxylic acids is 2. The van der Waals surface area contributed by atoms with Crippen LogP contribution in [0.15, 0.2) is 5.38 Å². The Morgan fingerprint density at radius 3 is 2.75 bits per heavy atom. The van der Waals surface area contributed by atoms with Crippen molar-refractivity contribution in [3.05, 3.63) is 21.4 Å². The van der Waals surface area contributed by atoms with Gasteiger partial charge in [-0.05, 0) is 37.7 Å². The number of hydrogen-bond acceptors (Lipinski definition) is 4. The summed E-state index contributed by atoms with van der Waals surface area (Å²) in [5.41, 5.74) is 2.23. The molecule has 3 rings (SSSR count). The quantitative estimate of drug-likeness (QED) is 0.901. The van der Waals surface area contributed by atoms with Crippen LogP contribution in [-0.4, -0.2) is 60.9 Å². The van der Waals surface area contributed by atoms with Gasteiger partial charge in [-0.15, -0.1) is 11.3 Å². The van der Waals surface area contributed by atoms with Gasteiger partial charge in [-0.1, -0.05) is 6.92 Å². The number of thiophene rings is 1. The van der Waals surface area contributed by atoms with Gasteiger partial charge in [0.2, 0.25) is 5.91 Å². The van der Waals surface area contributed by atoms with Crippen LogP contribution < -0.4 is 5.32 Å². The van der Waals surface area contributed by atoms with Crippen molar-refractivity contribution in [1.29, 1.82) is 0 Å². The van der Waals surface area contributed by atoms with Crippen molar-refractivity contribution < 1.29 is 9.59 Å². The second kappa shape index (κ2) is 7.66. The average molecular weight is 350 g/mol. The monoisotopic (exact) mass is 349 g/mol. The molecule has 0 spiro atoms. The molecule has 0 saturated carbocycles. The maximum atomic E-state index is 12.9. The molecule has 5 nitrogen and oxygen atoms in total. The second-order valence-corrected chi connectivity index (χ2v) is 7.89. The number of hydrogen-bond donors (Lipinski definition) is 1. The number of rotatable bonds is 4. The van der Waals surface area contributed by atoms with Crippen molar-refractivity contribution in [1.82, 2.24) is 15.1 Å². The predicted molar refractivity (Wildman–Crippen MR) is 96.5 cm³/mol. The molecule has 2 aliphatic rings. The minimum atomic E-state index is 0.0679. The molecule has 1 saturated heterocycles. The number of likely N-dealkylation sites (N-methyl/N-ethyl adjacent to an activating group) is 1. The highest BCUT2D eigenvalue weighted by Crippen LogP contribution is 2.33. The SMILES string of the molecule is CCNC(=O)CN1CCN(C(=O)c2csc3c2CCC(C)C3)CC1. The molecule has 1 atom stereocenters. The summed E-state index contributed by atoms with van der Waals surface area (Å²) < 4.78 is 0. The van der Waals surface area contributed by atoms with Gasteiger partial charge in [-0.3, -0.25) is 14.5 Å². The maximum Gasteiger partial charge on any atom is 0.255 e. The van der Waals surface area contributed by atoms with Gasteiger partial charge < -0.3 is 10.2 Å². The number of fused-ring (bicyclic) bond motifs is 1. The van der Waals surface area contributed by atoms with E-state index in [4.69, 9.17) is 0 Å². The average Bonchev–Trinajstić information content (AvgIpc) is 2.98. The summed E-state index contributed by atoms with van der Waals surface area (Å²) in [5.74, 6) is 0.981. The molecular formula is C18H27N3O2S. The molecule has 1 fully saturated rings. The first-order chi connectivity index (χ1) is 11.6. The number of nitrogens with zero attached hydrogens (tertiary/aromatic N) is 2. The zero-order chi connectivity index (χ0) is 17.1. The normalized spacial score (nSPS) is 21.4. The zero-order valence-electron chi connectivity index (χ0n) is 14.6. The summed E-state index contributed by atoms with van der Waals surface area (Å²) in [4.78, 5) is 30.0. The molecule has 1 N–H and O–H groups in total. The Kier molecular flexibility index (Phi) is 5.56. The van der Waals surface area contributed by atoms with Gasteiger partial charge in [0, 0.05) is 43.0 Å². The van der Waals surface area contributed by atoms with Crippen molar-refractivity contribution in [2.45, 2.75) is 33.1 Å². The molecule has 2 heterocycles. The van der Waals surface area contributed by atoms with E-state index in [2.05, 4.69) is 22.5 Å². The van der Waals surface area contributed by atoms with Gasteiger partial charge in [0.15, 0.2) is 0 Å². The van der Waals surface area contributed by atoms with Crippen LogP contribution in [0.5, 0.6) is 0 Å². The Balaban J connectivity index is 1.57. The smallest absolute Gasteiger partial charge is 0.255 e. The van der Waals surface area contributed by atoms with Crippen molar-refractivity contribution in [3.63, 3.8) is 0 Å². The van der Waals surface area contributed by atoms with E-state index < -0.39 is 0 Å². The van der Waals surface area contributed by atoms with Gasteiger partial charge >= 0.3 is 0 Å². The third-order valence-corrected chi connectivity index (χ3v) is 6.08. The van der Waals surface area contributed by atoms with E-state index in [1.165, 1.54) is 16.9 Å². The van der Waals surface area contributed by atoms with Gasteiger partial charge in [0.05, 0.1) is 12.1 Å². The lowest BCUT2D eigenvalue weighted by atomic mass is 9.88. The fourth-order valence-corrected chi connectivity index (χ4v) is 4.83. The van der Waals surface area contributed by atoms with Crippen molar-refractivity contribution in [2.24, 2.45) is 5.92 Å². The molecule has 1 aliphatic heterocycles. The summed E-state index contributed by atoms with van der Waals surface area (Å²) in [6, 6.07) is 0. The molecule has 132 valence electrons. The minimum absolute atomic E-state index is 0.0679. The van der Waals surface area contributed by atoms with E-state index in [1.807, 2.05) is 11.8 Å². The Labute approximate surface area is 148 Å². The third kappa shape index (κ3) is 3.81. The molecule has 0 radical (unpaired) electrons. The van der Waals surface area contributed by atoms with E-state index in [1.54, 1.807) is 11.3 Å². The lowest BCUT2D eigenvalue weighted by Crippen LogP contribution is -2.51. The van der Waals surface area contributed by atoms with Gasteiger partial charge in [0.25, 0.3) is 5.91 Å². The summed E-state index contributed by atoms with van der Waals surface area (Å²) >= 11 is 1.75. The summed E-state index contributed by atoms with van der Waals surface area (Å²) in [5, 5.41) is 4.89. The van der Waals surface area contributed by atoms with Crippen LogP contribution in [-0.2, 0) is 17.6 Å². The van der Waals surface area contributed by atoms with Crippen molar-refractivity contribution in [2.75, 3.05) is 39.3 Å². The van der Waals surface area contributed by atoms with Gasteiger partial charge in [-0.25, -0.2) is 0 Å². The molecule has 1 aliphatic carbocycles. The molecular weight excluding hydrogens is 322 g/mol. The largest absolute Gasteiger partial charge is 0.355 e. The van der Waals surface area contributed by atoms with E-state index in [9.17, 15) is 9.59 Å². The van der Waals surface area contributed by atoms with Crippen LogP contribution >= 0.6 is 11.3 Å². The zero-order valence-corrected chi connectivity index (χ0v) is 15.5. The number of carbonyl (C=O) groups is 2. The Bertz CT molecular complexity index is 605. The van der Waals surface area contributed by atoms with Crippen LogP contribution in [0.2, 0.25) is 0 Å². The molecule has 6 heteroatoms. The molecule has 1 aromatic rings. The topological polar surface area (TPSA) is 52.7 Å². The Hall–Kier alpha value is -1.40. The lowest BCUT2D eigenvalue weighted by molar-refractivity contribution is -0.122. The Morgan fingerprint density at radius 1 is 1.29 bits per heavy atom. The minimum Gasteiger partial charge on any atom is -0.355 e. The van der Waals surface area contributed by atoms with Crippen LogP contribution in [0.4, 0.5) is 0 Å². The van der Waals surface area contributed by atoms with Crippen molar-refractivity contribution in [3.8, 4) is 0 Å². The predicted octanol–water partition coefficient (Wildman–Crippen LogP) is 1.77. The van der Waals surface area contributed by atoms with E-state index in [0.717, 1.165) is 37.4 Å². The molecule has 0 aromatic carbocycles. The number of amides is 2. The van der Waals surface area contributed by atoms with Crippen molar-refractivity contribution >= 4 is 23.2 Å². The first-order valence-corrected chi connectivity index (χ1v) is 9.84. The first-order valence-electron chi connectivity index (χ1n) is 8.96. The fourth-order valence-electron chi connectivity index (χ4n) is 3.59. The summed E-state index contributed by atoms with van der Waals surface area (Å²) in [6.07, 6.45) is 3.34. The van der Waals surface area contributed by atoms with Gasteiger partial charge in [-0.2, -0.15) is 0 Å². The summed E-state index contributed by atoms with van der Waals surface area (Å²) in [7, 11) is 0. The maximum absolute atomic E-state index is 12.9. The van der Waals surface area contributed by atoms with Crippen LogP contribution in [0.3, 0.4) is 0 Å². The van der Waals surface area contributed by atoms with Crippen LogP contribution in [0.25, 0.3) is 0 Å². The highest BCUT2D eigenvalue weighted by Gasteiger charge is 2.28. The fraction of sp³-hybridized carbons (Fsp3) is 0.667.